The number of nitrogens with one attached hydrogen (secondary N) is 1. The number of aromatic nitrogens is 2. The van der Waals surface area contributed by atoms with Crippen molar-refractivity contribution in [3.05, 3.63) is 33.3 Å². The van der Waals surface area contributed by atoms with Crippen LogP contribution < -0.4 is 10.1 Å². The van der Waals surface area contributed by atoms with E-state index in [1.54, 1.807) is 12.1 Å². The Kier molecular flexibility index (Phi) is 4.81. The van der Waals surface area contributed by atoms with Gasteiger partial charge in [0, 0.05) is 6.07 Å². The molecule has 1 unspecified atom stereocenters. The van der Waals surface area contributed by atoms with Gasteiger partial charge in [0.05, 0.1) is 23.6 Å². The van der Waals surface area contributed by atoms with Gasteiger partial charge in [0.1, 0.15) is 5.01 Å². The second kappa shape index (κ2) is 6.59. The third kappa shape index (κ3) is 3.01. The van der Waals surface area contributed by atoms with E-state index in [-0.39, 0.29) is 17.5 Å². The summed E-state index contributed by atoms with van der Waals surface area (Å²) >= 11 is 1.41. The maximum atomic E-state index is 11.1. The highest BCUT2D eigenvalue weighted by atomic mass is 32.1. The van der Waals surface area contributed by atoms with Crippen LogP contribution in [0.5, 0.6) is 5.75 Å². The predicted octanol–water partition coefficient (Wildman–Crippen LogP) is 2.79. The van der Waals surface area contributed by atoms with Crippen molar-refractivity contribution in [2.24, 2.45) is 0 Å². The first-order chi connectivity index (χ1) is 10.1. The lowest BCUT2D eigenvalue weighted by molar-refractivity contribution is -0.385. The quantitative estimate of drug-likeness (QED) is 0.652. The van der Waals surface area contributed by atoms with Gasteiger partial charge in [-0.25, -0.2) is 0 Å². The van der Waals surface area contributed by atoms with Gasteiger partial charge in [-0.15, -0.1) is 10.2 Å². The van der Waals surface area contributed by atoms with Crippen molar-refractivity contribution in [1.82, 2.24) is 15.5 Å². The number of nitro benzene ring substituents is 1. The van der Waals surface area contributed by atoms with Gasteiger partial charge in [-0.05, 0) is 19.5 Å². The number of hydrogen-bond acceptors (Lipinski definition) is 7. The maximum absolute atomic E-state index is 11.1. The van der Waals surface area contributed by atoms with E-state index in [4.69, 9.17) is 4.74 Å². The highest BCUT2D eigenvalue weighted by molar-refractivity contribution is 7.14. The van der Waals surface area contributed by atoms with Crippen LogP contribution in [0.3, 0.4) is 0 Å². The van der Waals surface area contributed by atoms with Gasteiger partial charge in [-0.1, -0.05) is 24.3 Å². The summed E-state index contributed by atoms with van der Waals surface area (Å²) in [5, 5.41) is 24.0. The van der Waals surface area contributed by atoms with Crippen LogP contribution in [0.15, 0.2) is 18.2 Å². The summed E-state index contributed by atoms with van der Waals surface area (Å²) in [6.07, 6.45) is 0.886. The van der Waals surface area contributed by atoms with E-state index in [2.05, 4.69) is 22.4 Å². The monoisotopic (exact) mass is 308 g/mol. The summed E-state index contributed by atoms with van der Waals surface area (Å²) in [6, 6.07) is 4.90. The number of hydrogen-bond donors (Lipinski definition) is 1. The molecule has 2 rings (SSSR count). The molecule has 0 bridgehead atoms. The van der Waals surface area contributed by atoms with Gasteiger partial charge in [-0.3, -0.25) is 10.1 Å². The number of benzene rings is 1. The molecule has 1 atom stereocenters. The molecule has 7 nitrogen and oxygen atoms in total. The number of rotatable bonds is 6. The van der Waals surface area contributed by atoms with Gasteiger partial charge >= 0.3 is 5.69 Å². The molecule has 1 aromatic heterocycles. The van der Waals surface area contributed by atoms with E-state index >= 15 is 0 Å². The standard InChI is InChI=1S/C13H16N4O3S/c1-4-9(14-2)13-16-15-12(21-13)8-6-5-7-10(17(18)19)11(8)20-3/h5-7,9,14H,4H2,1-3H3. The van der Waals surface area contributed by atoms with E-state index in [1.807, 2.05) is 7.05 Å². The smallest absolute Gasteiger partial charge is 0.311 e. The Morgan fingerprint density at radius 1 is 1.48 bits per heavy atom. The van der Waals surface area contributed by atoms with Crippen LogP contribution in [-0.4, -0.2) is 29.3 Å². The van der Waals surface area contributed by atoms with E-state index in [0.717, 1.165) is 11.4 Å². The molecule has 1 heterocycles. The summed E-state index contributed by atoms with van der Waals surface area (Å²) in [7, 11) is 3.28. The highest BCUT2D eigenvalue weighted by Gasteiger charge is 2.22. The minimum atomic E-state index is -0.466. The average Bonchev–Trinajstić information content (AvgIpc) is 2.97. The number of para-hydroxylation sites is 1. The van der Waals surface area contributed by atoms with E-state index in [0.29, 0.717) is 10.6 Å². The van der Waals surface area contributed by atoms with Crippen LogP contribution in [0.2, 0.25) is 0 Å². The molecule has 8 heteroatoms. The molecule has 21 heavy (non-hydrogen) atoms. The molecule has 0 fully saturated rings. The van der Waals surface area contributed by atoms with Crippen LogP contribution >= 0.6 is 11.3 Å². The molecule has 0 spiro atoms. The van der Waals surface area contributed by atoms with Crippen LogP contribution in [0.25, 0.3) is 10.6 Å². The first kappa shape index (κ1) is 15.3. The van der Waals surface area contributed by atoms with E-state index < -0.39 is 4.92 Å². The van der Waals surface area contributed by atoms with Gasteiger partial charge < -0.3 is 10.1 Å². The molecule has 0 saturated carbocycles. The number of nitro groups is 1. The molecule has 0 radical (unpaired) electrons. The number of ether oxygens (including phenoxy) is 1. The molecule has 0 amide bonds. The summed E-state index contributed by atoms with van der Waals surface area (Å²) in [6.45, 7) is 2.05. The summed E-state index contributed by atoms with van der Waals surface area (Å²) in [5.74, 6) is 0.211. The zero-order chi connectivity index (χ0) is 15.4. The lowest BCUT2D eigenvalue weighted by Gasteiger charge is -2.08. The van der Waals surface area contributed by atoms with Crippen molar-refractivity contribution in [1.29, 1.82) is 0 Å². The first-order valence-corrected chi connectivity index (χ1v) is 7.26. The SMILES string of the molecule is CCC(NC)c1nnc(-c2cccc([N+](=O)[O-])c2OC)s1. The van der Waals surface area contributed by atoms with Crippen molar-refractivity contribution in [2.45, 2.75) is 19.4 Å². The maximum Gasteiger partial charge on any atom is 0.311 e. The van der Waals surface area contributed by atoms with Crippen LogP contribution in [0, 0.1) is 10.1 Å². The fourth-order valence-electron chi connectivity index (χ4n) is 2.04. The van der Waals surface area contributed by atoms with Crippen molar-refractivity contribution >= 4 is 17.0 Å². The minimum absolute atomic E-state index is 0.0765. The normalized spacial score (nSPS) is 12.1. The Hall–Kier alpha value is -2.06. The molecule has 0 saturated heterocycles. The summed E-state index contributed by atoms with van der Waals surface area (Å²) in [5.41, 5.74) is 0.508. The average molecular weight is 308 g/mol. The Morgan fingerprint density at radius 3 is 2.81 bits per heavy atom. The van der Waals surface area contributed by atoms with Gasteiger partial charge in [0.15, 0.2) is 5.01 Å². The van der Waals surface area contributed by atoms with Crippen molar-refractivity contribution in [2.75, 3.05) is 14.2 Å². The van der Waals surface area contributed by atoms with E-state index in [1.165, 1.54) is 24.5 Å². The molecule has 112 valence electrons. The zero-order valence-electron chi connectivity index (χ0n) is 12.0. The summed E-state index contributed by atoms with van der Waals surface area (Å²) in [4.78, 5) is 10.6. The molecule has 0 aliphatic heterocycles. The van der Waals surface area contributed by atoms with Crippen LogP contribution in [0.4, 0.5) is 5.69 Å². The predicted molar refractivity (Wildman–Crippen MR) is 80.6 cm³/mol. The minimum Gasteiger partial charge on any atom is -0.490 e. The van der Waals surface area contributed by atoms with Crippen molar-refractivity contribution in [3.63, 3.8) is 0 Å². The zero-order valence-corrected chi connectivity index (χ0v) is 12.8. The third-order valence-corrected chi connectivity index (χ3v) is 4.19. The Morgan fingerprint density at radius 2 is 2.24 bits per heavy atom. The molecular formula is C13H16N4O3S. The Balaban J connectivity index is 2.47. The lowest BCUT2D eigenvalue weighted by atomic mass is 10.2. The number of methoxy groups -OCH3 is 1. The molecule has 0 aliphatic carbocycles. The summed E-state index contributed by atoms with van der Waals surface area (Å²) < 4.78 is 5.20. The van der Waals surface area contributed by atoms with Gasteiger partial charge in [-0.2, -0.15) is 0 Å². The van der Waals surface area contributed by atoms with E-state index in [9.17, 15) is 10.1 Å². The van der Waals surface area contributed by atoms with Crippen molar-refractivity contribution in [3.8, 4) is 16.3 Å². The van der Waals surface area contributed by atoms with Crippen LogP contribution in [0.1, 0.15) is 24.4 Å². The third-order valence-electron chi connectivity index (χ3n) is 3.12. The second-order valence-electron chi connectivity index (χ2n) is 4.31. The molecule has 0 aliphatic rings. The van der Waals surface area contributed by atoms with Gasteiger partial charge in [0.2, 0.25) is 5.75 Å². The highest BCUT2D eigenvalue weighted by Crippen LogP contribution is 2.39. The second-order valence-corrected chi connectivity index (χ2v) is 5.32. The lowest BCUT2D eigenvalue weighted by Crippen LogP contribution is -2.14. The fourth-order valence-corrected chi connectivity index (χ4v) is 3.10. The fraction of sp³-hybridized carbons (Fsp3) is 0.385. The van der Waals surface area contributed by atoms with Crippen LogP contribution in [-0.2, 0) is 0 Å². The molecule has 1 N–H and O–H groups in total. The first-order valence-electron chi connectivity index (χ1n) is 6.44. The molecule has 1 aromatic carbocycles. The molecular weight excluding hydrogens is 292 g/mol. The largest absolute Gasteiger partial charge is 0.490 e. The number of nitrogens with zero attached hydrogens (tertiary/aromatic N) is 3. The van der Waals surface area contributed by atoms with Gasteiger partial charge in [0.25, 0.3) is 0 Å². The molecule has 2 aromatic rings. The Labute approximate surface area is 126 Å². The topological polar surface area (TPSA) is 90.2 Å². The van der Waals surface area contributed by atoms with Crippen molar-refractivity contribution < 1.29 is 9.66 Å². The Bertz CT molecular complexity index is 640.